The summed E-state index contributed by atoms with van der Waals surface area (Å²) in [5.41, 5.74) is 5.05. The molecule has 0 aliphatic carbocycles. The van der Waals surface area contributed by atoms with Crippen molar-refractivity contribution in [3.05, 3.63) is 70.3 Å². The molecular weight excluding hydrogens is 290 g/mol. The molecular formula is C19H15NO3. The van der Waals surface area contributed by atoms with Crippen LogP contribution in [0.1, 0.15) is 34.0 Å². The number of methoxy groups -OCH3 is 1. The maximum atomic E-state index is 11.8. The number of fused-ring (bicyclic) bond motifs is 1. The summed E-state index contributed by atoms with van der Waals surface area (Å²) in [6.45, 7) is 2.50. The highest BCUT2D eigenvalue weighted by molar-refractivity contribution is 5.93. The zero-order valence-corrected chi connectivity index (χ0v) is 12.9. The van der Waals surface area contributed by atoms with E-state index in [1.807, 2.05) is 19.1 Å². The van der Waals surface area contributed by atoms with Crippen LogP contribution < -0.4 is 4.74 Å². The van der Waals surface area contributed by atoms with Gasteiger partial charge in [-0.1, -0.05) is 12.1 Å². The first-order valence-electron chi connectivity index (χ1n) is 7.20. The Morgan fingerprint density at radius 1 is 1.22 bits per heavy atom. The Labute approximate surface area is 134 Å². The normalized spacial score (nSPS) is 12.9. The van der Waals surface area contributed by atoms with Gasteiger partial charge in [0.25, 0.3) is 0 Å². The van der Waals surface area contributed by atoms with Crippen LogP contribution in [0.4, 0.5) is 0 Å². The first-order chi connectivity index (χ1) is 11.1. The van der Waals surface area contributed by atoms with E-state index in [0.717, 1.165) is 28.0 Å². The van der Waals surface area contributed by atoms with Crippen molar-refractivity contribution in [1.29, 1.82) is 5.26 Å². The topological polar surface area (TPSA) is 59.3 Å². The molecule has 0 N–H and O–H groups in total. The molecule has 0 bridgehead atoms. The summed E-state index contributed by atoms with van der Waals surface area (Å²) in [5.74, 6) is 0.359. The van der Waals surface area contributed by atoms with E-state index in [-0.39, 0.29) is 5.97 Å². The first kappa shape index (κ1) is 14.9. The van der Waals surface area contributed by atoms with Crippen molar-refractivity contribution in [2.24, 2.45) is 0 Å². The van der Waals surface area contributed by atoms with E-state index in [1.165, 1.54) is 7.11 Å². The molecule has 0 saturated heterocycles. The molecule has 2 aromatic carbocycles. The van der Waals surface area contributed by atoms with Crippen LogP contribution in [0.5, 0.6) is 5.75 Å². The van der Waals surface area contributed by atoms with Gasteiger partial charge in [0, 0.05) is 5.56 Å². The van der Waals surface area contributed by atoms with E-state index in [1.54, 1.807) is 30.3 Å². The predicted octanol–water partition coefficient (Wildman–Crippen LogP) is 3.56. The zero-order valence-electron chi connectivity index (χ0n) is 12.9. The van der Waals surface area contributed by atoms with Gasteiger partial charge in [-0.3, -0.25) is 0 Å². The number of rotatable bonds is 2. The van der Waals surface area contributed by atoms with Crippen LogP contribution in [0.3, 0.4) is 0 Å². The number of carbonyl (C=O) groups is 1. The predicted molar refractivity (Wildman–Crippen MR) is 86.1 cm³/mol. The monoisotopic (exact) mass is 305 g/mol. The number of hydrogen-bond donors (Lipinski definition) is 0. The second kappa shape index (κ2) is 5.98. The minimum atomic E-state index is -0.379. The quantitative estimate of drug-likeness (QED) is 0.796. The van der Waals surface area contributed by atoms with Gasteiger partial charge in [-0.2, -0.15) is 5.26 Å². The van der Waals surface area contributed by atoms with Crippen molar-refractivity contribution in [2.45, 2.75) is 6.92 Å². The number of carbonyl (C=O) groups excluding carboxylic acids is 1. The highest BCUT2D eigenvalue weighted by atomic mass is 16.5. The lowest BCUT2D eigenvalue weighted by molar-refractivity contribution is 0.0600. The molecule has 0 spiro atoms. The summed E-state index contributed by atoms with van der Waals surface area (Å²) in [4.78, 5) is 11.8. The van der Waals surface area contributed by atoms with Crippen LogP contribution in [0.15, 0.2) is 48.0 Å². The largest absolute Gasteiger partial charge is 0.489 e. The van der Waals surface area contributed by atoms with E-state index in [2.05, 4.69) is 6.07 Å². The number of nitrogens with zero attached hydrogens (tertiary/aromatic N) is 1. The van der Waals surface area contributed by atoms with Gasteiger partial charge < -0.3 is 9.47 Å². The molecule has 0 saturated carbocycles. The lowest BCUT2D eigenvalue weighted by Crippen LogP contribution is -2.12. The molecule has 0 atom stereocenters. The van der Waals surface area contributed by atoms with E-state index in [4.69, 9.17) is 14.7 Å². The number of benzene rings is 2. The summed E-state index contributed by atoms with van der Waals surface area (Å²) in [6, 6.07) is 14.8. The maximum Gasteiger partial charge on any atom is 0.337 e. The van der Waals surface area contributed by atoms with Crippen LogP contribution in [-0.2, 0) is 4.74 Å². The van der Waals surface area contributed by atoms with Crippen molar-refractivity contribution in [3.63, 3.8) is 0 Å². The van der Waals surface area contributed by atoms with Crippen LogP contribution >= 0.6 is 0 Å². The third-order valence-corrected chi connectivity index (χ3v) is 3.84. The van der Waals surface area contributed by atoms with E-state index in [0.29, 0.717) is 17.7 Å². The molecule has 0 aromatic heterocycles. The molecule has 0 unspecified atom stereocenters. The Bertz CT molecular complexity index is 842. The van der Waals surface area contributed by atoms with Crippen LogP contribution in [-0.4, -0.2) is 19.7 Å². The zero-order chi connectivity index (χ0) is 16.4. The molecule has 2 aromatic rings. The van der Waals surface area contributed by atoms with Crippen molar-refractivity contribution in [1.82, 2.24) is 0 Å². The Kier molecular flexibility index (Phi) is 3.86. The molecule has 4 heteroatoms. The summed E-state index contributed by atoms with van der Waals surface area (Å²) < 4.78 is 10.5. The number of esters is 1. The Morgan fingerprint density at radius 2 is 1.96 bits per heavy atom. The highest BCUT2D eigenvalue weighted by Crippen LogP contribution is 2.38. The minimum absolute atomic E-state index is 0.379. The molecule has 3 rings (SSSR count). The van der Waals surface area contributed by atoms with Gasteiger partial charge in [-0.05, 0) is 54.0 Å². The van der Waals surface area contributed by atoms with E-state index >= 15 is 0 Å². The average molecular weight is 305 g/mol. The van der Waals surface area contributed by atoms with Gasteiger partial charge in [0.15, 0.2) is 0 Å². The Morgan fingerprint density at radius 3 is 2.61 bits per heavy atom. The van der Waals surface area contributed by atoms with Gasteiger partial charge in [0.2, 0.25) is 0 Å². The maximum absolute atomic E-state index is 11.8. The molecule has 0 radical (unpaired) electrons. The second-order valence-electron chi connectivity index (χ2n) is 5.34. The molecule has 1 aliphatic heterocycles. The fraction of sp³-hybridized carbons (Fsp3) is 0.158. The Hall–Kier alpha value is -3.06. The third kappa shape index (κ3) is 2.69. The van der Waals surface area contributed by atoms with Crippen LogP contribution in [0.25, 0.3) is 5.57 Å². The second-order valence-corrected chi connectivity index (χ2v) is 5.34. The van der Waals surface area contributed by atoms with Crippen LogP contribution in [0, 0.1) is 11.3 Å². The van der Waals surface area contributed by atoms with Gasteiger partial charge in [-0.25, -0.2) is 4.79 Å². The number of nitriles is 1. The highest BCUT2D eigenvalue weighted by Gasteiger charge is 2.21. The van der Waals surface area contributed by atoms with E-state index < -0.39 is 0 Å². The molecule has 0 amide bonds. The summed E-state index contributed by atoms with van der Waals surface area (Å²) in [6.07, 6.45) is 0. The van der Waals surface area contributed by atoms with Crippen LogP contribution in [0.2, 0.25) is 0 Å². The first-order valence-corrected chi connectivity index (χ1v) is 7.20. The molecule has 1 heterocycles. The molecule has 114 valence electrons. The molecule has 23 heavy (non-hydrogen) atoms. The number of ether oxygens (including phenoxy) is 2. The van der Waals surface area contributed by atoms with Gasteiger partial charge >= 0.3 is 5.97 Å². The molecule has 1 aliphatic rings. The van der Waals surface area contributed by atoms with Gasteiger partial charge in [0.05, 0.1) is 24.3 Å². The van der Waals surface area contributed by atoms with Crippen molar-refractivity contribution in [3.8, 4) is 11.8 Å². The lowest BCUT2D eigenvalue weighted by Gasteiger charge is -2.23. The minimum Gasteiger partial charge on any atom is -0.489 e. The van der Waals surface area contributed by atoms with Crippen molar-refractivity contribution in [2.75, 3.05) is 13.7 Å². The van der Waals surface area contributed by atoms with Gasteiger partial charge in [0.1, 0.15) is 12.4 Å². The lowest BCUT2D eigenvalue weighted by atomic mass is 9.90. The third-order valence-electron chi connectivity index (χ3n) is 3.84. The summed E-state index contributed by atoms with van der Waals surface area (Å²) in [5, 5.41) is 8.94. The smallest absolute Gasteiger partial charge is 0.337 e. The number of hydrogen-bond acceptors (Lipinski definition) is 4. The fourth-order valence-corrected chi connectivity index (χ4v) is 2.70. The SMILES string of the molecule is COC(=O)c1ccc2c(c1)C(c1ccc(C#N)cc1)=C(C)CO2. The van der Waals surface area contributed by atoms with Gasteiger partial charge in [-0.15, -0.1) is 0 Å². The average Bonchev–Trinajstić information content (AvgIpc) is 2.60. The standard InChI is InChI=1S/C19H15NO3/c1-12-11-23-17-8-7-15(19(21)22-2)9-16(17)18(12)14-5-3-13(10-20)4-6-14/h3-9H,11H2,1-2H3. The summed E-state index contributed by atoms with van der Waals surface area (Å²) >= 11 is 0. The fourth-order valence-electron chi connectivity index (χ4n) is 2.70. The molecule has 0 fully saturated rings. The van der Waals surface area contributed by atoms with Crippen molar-refractivity contribution < 1.29 is 14.3 Å². The Balaban J connectivity index is 2.13. The van der Waals surface area contributed by atoms with E-state index in [9.17, 15) is 4.79 Å². The van der Waals surface area contributed by atoms with Crippen molar-refractivity contribution >= 4 is 11.5 Å². The summed E-state index contributed by atoms with van der Waals surface area (Å²) in [7, 11) is 1.36. The molecule has 4 nitrogen and oxygen atoms in total.